The zero-order chi connectivity index (χ0) is 33.2. The number of rotatable bonds is 3. The minimum Gasteiger partial charge on any atom is -0.443 e. The lowest BCUT2D eigenvalue weighted by Crippen LogP contribution is -1.96. The number of sulfone groups is 1. The molecule has 0 radical (unpaired) electrons. The van der Waals surface area contributed by atoms with Gasteiger partial charge in [-0.25, -0.2) is 18.4 Å². The first kappa shape index (κ1) is 29.7. The Kier molecular flexibility index (Phi) is 7.55. The maximum absolute atomic E-state index is 12.7. The Bertz CT molecular complexity index is 2540. The first-order valence-electron chi connectivity index (χ1n) is 14.8. The molecule has 10 rings (SSSR count). The van der Waals surface area contributed by atoms with Crippen molar-refractivity contribution < 1.29 is 26.1 Å². The molecule has 12 nitrogen and oxygen atoms in total. The lowest BCUT2D eigenvalue weighted by atomic mass is 10.0. The molecule has 0 N–H and O–H groups in total. The fourth-order valence-electron chi connectivity index (χ4n) is 5.30. The Morgan fingerprint density at radius 2 is 1.08 bits per heavy atom. The fourth-order valence-corrected chi connectivity index (χ4v) is 7.01. The average Bonchev–Trinajstić information content (AvgIpc) is 4.00. The molecule has 0 spiro atoms. The summed E-state index contributed by atoms with van der Waals surface area (Å²) in [4.78, 5) is 8.80. The topological polar surface area (TPSA) is 164 Å². The van der Waals surface area contributed by atoms with Crippen molar-refractivity contribution >= 4 is 32.0 Å². The molecular weight excluding hydrogens is 644 g/mol. The Morgan fingerprint density at radius 3 is 1.76 bits per heavy atom. The monoisotopic (exact) mass is 666 g/mol. The van der Waals surface area contributed by atoms with E-state index in [1.165, 1.54) is 19.2 Å². The Hall–Kier alpha value is -6.73. The van der Waals surface area contributed by atoms with Crippen LogP contribution in [-0.4, -0.2) is 38.8 Å². The van der Waals surface area contributed by atoms with Gasteiger partial charge in [-0.15, -0.1) is 20.4 Å². The van der Waals surface area contributed by atoms with Crippen LogP contribution >= 0.6 is 0 Å². The van der Waals surface area contributed by atoms with E-state index < -0.39 is 9.84 Å². The molecule has 0 amide bonds. The van der Waals surface area contributed by atoms with Crippen molar-refractivity contribution in [3.05, 3.63) is 134 Å². The molecule has 0 saturated carbocycles. The summed E-state index contributed by atoms with van der Waals surface area (Å²) in [7, 11) is -3.40. The van der Waals surface area contributed by atoms with E-state index in [9.17, 15) is 8.42 Å². The zero-order valence-corrected chi connectivity index (χ0v) is 26.1. The van der Waals surface area contributed by atoms with E-state index in [1.54, 1.807) is 30.3 Å². The van der Waals surface area contributed by atoms with Crippen LogP contribution in [0.15, 0.2) is 162 Å². The van der Waals surface area contributed by atoms with E-state index in [0.717, 1.165) is 50.0 Å². The van der Waals surface area contributed by atoms with Crippen molar-refractivity contribution in [3.8, 4) is 45.5 Å². The summed E-state index contributed by atoms with van der Waals surface area (Å²) in [6.45, 7) is 0. The summed E-state index contributed by atoms with van der Waals surface area (Å²) in [5, 5.41) is 14.9. The molecule has 5 heterocycles. The van der Waals surface area contributed by atoms with Gasteiger partial charge in [0.2, 0.25) is 22.1 Å². The van der Waals surface area contributed by atoms with Crippen LogP contribution in [0, 0.1) is 0 Å². The SMILES string of the molecule is O=S1(=O)c2ccccc2-c2ccc(-c3ccccc3)cc21.c1ccc(-c2nnc(-c3nnco3)o2)cc1.c1nc2cc3ocnc3cc2o1. The van der Waals surface area contributed by atoms with E-state index in [2.05, 4.69) is 30.4 Å². The predicted octanol–water partition coefficient (Wildman–Crippen LogP) is 7.92. The highest BCUT2D eigenvalue weighted by Gasteiger charge is 2.32. The van der Waals surface area contributed by atoms with Gasteiger partial charge in [0.05, 0.1) is 9.79 Å². The third-order valence-corrected chi connectivity index (χ3v) is 9.47. The lowest BCUT2D eigenvalue weighted by Gasteiger charge is -2.05. The van der Waals surface area contributed by atoms with Crippen molar-refractivity contribution in [1.82, 2.24) is 30.4 Å². The Balaban J connectivity index is 0.000000111. The molecule has 1 aliphatic heterocycles. The zero-order valence-electron chi connectivity index (χ0n) is 25.2. The Morgan fingerprint density at radius 1 is 0.469 bits per heavy atom. The highest BCUT2D eigenvalue weighted by molar-refractivity contribution is 7.92. The van der Waals surface area contributed by atoms with Crippen molar-refractivity contribution in [2.75, 3.05) is 0 Å². The van der Waals surface area contributed by atoms with E-state index in [1.807, 2.05) is 84.9 Å². The van der Waals surface area contributed by atoms with Crippen molar-refractivity contribution in [3.63, 3.8) is 0 Å². The molecule has 0 atom stereocenters. The van der Waals surface area contributed by atoms with Crippen LogP contribution in [0.4, 0.5) is 0 Å². The normalized spacial score (nSPS) is 12.4. The van der Waals surface area contributed by atoms with Gasteiger partial charge in [0.1, 0.15) is 11.0 Å². The van der Waals surface area contributed by atoms with Crippen LogP contribution in [0.2, 0.25) is 0 Å². The summed E-state index contributed by atoms with van der Waals surface area (Å²) in [5.41, 5.74) is 7.43. The van der Waals surface area contributed by atoms with Crippen molar-refractivity contribution in [1.29, 1.82) is 0 Å². The molecule has 9 aromatic rings. The van der Waals surface area contributed by atoms with Crippen LogP contribution in [0.3, 0.4) is 0 Å². The average molecular weight is 667 g/mol. The standard InChI is InChI=1S/C18H12O2S.C10H6N4O2.C8H4N2O2/c19-21(20)17-9-5-4-8-15(17)16-11-10-14(12-18(16)21)13-6-2-1-3-7-13;1-2-4-7(5-3-1)8-13-14-10(16-8)9-12-11-6-15-9;1-5-8(12-3-9-5)2-6-7(1)11-4-10-6/h1-12H;1-6H;1-4H. The van der Waals surface area contributed by atoms with Crippen LogP contribution in [0.25, 0.3) is 67.7 Å². The highest BCUT2D eigenvalue weighted by atomic mass is 32.2. The van der Waals surface area contributed by atoms with Gasteiger partial charge in [0, 0.05) is 28.8 Å². The van der Waals surface area contributed by atoms with E-state index in [0.29, 0.717) is 15.7 Å². The van der Waals surface area contributed by atoms with Gasteiger partial charge in [0.15, 0.2) is 24.0 Å². The van der Waals surface area contributed by atoms with Gasteiger partial charge in [-0.05, 0) is 35.4 Å². The number of oxazole rings is 2. The minimum atomic E-state index is -3.40. The van der Waals surface area contributed by atoms with E-state index in [-0.39, 0.29) is 11.8 Å². The van der Waals surface area contributed by atoms with Crippen molar-refractivity contribution in [2.24, 2.45) is 0 Å². The van der Waals surface area contributed by atoms with Crippen LogP contribution < -0.4 is 0 Å². The lowest BCUT2D eigenvalue weighted by molar-refractivity contribution is 0.514. The first-order chi connectivity index (χ1) is 24.0. The van der Waals surface area contributed by atoms with Gasteiger partial charge in [-0.3, -0.25) is 0 Å². The molecular formula is C36H22N6O6S. The first-order valence-corrected chi connectivity index (χ1v) is 16.3. The van der Waals surface area contributed by atoms with Gasteiger partial charge in [-0.1, -0.05) is 78.9 Å². The van der Waals surface area contributed by atoms with Crippen molar-refractivity contribution in [2.45, 2.75) is 9.79 Å². The second kappa shape index (κ2) is 12.5. The number of hydrogen-bond donors (Lipinski definition) is 0. The van der Waals surface area contributed by atoms with Crippen LogP contribution in [0.5, 0.6) is 0 Å². The summed E-state index contributed by atoms with van der Waals surface area (Å²) in [6, 6.07) is 35.7. The molecule has 0 aliphatic carbocycles. The highest BCUT2D eigenvalue weighted by Crippen LogP contribution is 2.44. The molecule has 0 fully saturated rings. The quantitative estimate of drug-likeness (QED) is 0.179. The number of aromatic nitrogens is 6. The summed E-state index contributed by atoms with van der Waals surface area (Å²) in [6.07, 6.45) is 4.02. The maximum Gasteiger partial charge on any atom is 0.306 e. The Labute approximate surface area is 277 Å². The molecule has 49 heavy (non-hydrogen) atoms. The number of hydrogen-bond acceptors (Lipinski definition) is 12. The molecule has 1 aliphatic rings. The molecule has 5 aromatic carbocycles. The van der Waals surface area contributed by atoms with Gasteiger partial charge in [-0.2, -0.15) is 0 Å². The molecule has 0 saturated heterocycles. The number of nitrogens with zero attached hydrogens (tertiary/aromatic N) is 6. The van der Waals surface area contributed by atoms with Gasteiger partial charge >= 0.3 is 11.8 Å². The molecule has 0 unspecified atom stereocenters. The van der Waals surface area contributed by atoms with Gasteiger partial charge < -0.3 is 17.7 Å². The second-order valence-electron chi connectivity index (χ2n) is 10.6. The third-order valence-electron chi connectivity index (χ3n) is 7.62. The summed E-state index contributed by atoms with van der Waals surface area (Å²) >= 11 is 0. The van der Waals surface area contributed by atoms with E-state index >= 15 is 0 Å². The van der Waals surface area contributed by atoms with Gasteiger partial charge in [0.25, 0.3) is 0 Å². The predicted molar refractivity (Wildman–Crippen MR) is 177 cm³/mol. The molecule has 13 heteroatoms. The van der Waals surface area contributed by atoms with Crippen LogP contribution in [-0.2, 0) is 9.84 Å². The summed E-state index contributed by atoms with van der Waals surface area (Å²) < 4.78 is 45.9. The van der Waals surface area contributed by atoms with E-state index in [4.69, 9.17) is 17.7 Å². The second-order valence-corrected chi connectivity index (χ2v) is 12.5. The summed E-state index contributed by atoms with van der Waals surface area (Å²) in [5.74, 6) is 0.861. The van der Waals surface area contributed by atoms with Crippen LogP contribution in [0.1, 0.15) is 0 Å². The smallest absolute Gasteiger partial charge is 0.306 e. The molecule has 238 valence electrons. The molecule has 0 bridgehead atoms. The maximum atomic E-state index is 12.7. The third kappa shape index (κ3) is 5.74. The minimum absolute atomic E-state index is 0.217. The number of fused-ring (bicyclic) bond motifs is 5. The number of benzene rings is 5. The largest absolute Gasteiger partial charge is 0.443 e. The molecule has 4 aromatic heterocycles. The fraction of sp³-hybridized carbons (Fsp3) is 0.